The van der Waals surface area contributed by atoms with Gasteiger partial charge in [-0.2, -0.15) is 0 Å². The Morgan fingerprint density at radius 3 is 2.24 bits per heavy atom. The van der Waals surface area contributed by atoms with Crippen LogP contribution in [0.25, 0.3) is 0 Å². The van der Waals surface area contributed by atoms with Gasteiger partial charge in [0.05, 0.1) is 11.6 Å². The first-order chi connectivity index (χ1) is 7.73. The maximum atomic E-state index is 12.0. The maximum Gasteiger partial charge on any atom is 0.242 e. The van der Waals surface area contributed by atoms with E-state index in [9.17, 15) is 4.79 Å². The fourth-order valence-electron chi connectivity index (χ4n) is 1.60. The van der Waals surface area contributed by atoms with Gasteiger partial charge >= 0.3 is 0 Å². The van der Waals surface area contributed by atoms with E-state index in [1.807, 2.05) is 31.2 Å². The summed E-state index contributed by atoms with van der Waals surface area (Å²) in [6, 6.07) is 7.45. The Morgan fingerprint density at radius 1 is 1.35 bits per heavy atom. The lowest BCUT2D eigenvalue weighted by Crippen LogP contribution is -2.50. The van der Waals surface area contributed by atoms with E-state index in [0.717, 1.165) is 5.56 Å². The molecule has 1 rings (SSSR count). The molecule has 3 nitrogen and oxygen atoms in total. The van der Waals surface area contributed by atoms with E-state index in [0.29, 0.717) is 5.02 Å². The first-order valence-corrected chi connectivity index (χ1v) is 5.93. The average molecular weight is 255 g/mol. The number of benzene rings is 1. The van der Waals surface area contributed by atoms with E-state index < -0.39 is 5.54 Å². The number of likely N-dealkylation sites (N-methyl/N-ethyl adjacent to an activating group) is 1. The summed E-state index contributed by atoms with van der Waals surface area (Å²) in [5.41, 5.74) is 5.99. The SMILES string of the molecule is CC(c1ccc(Cl)cc1)N(C)C(=O)C(C)(C)N. The fraction of sp³-hybridized carbons (Fsp3) is 0.462. The van der Waals surface area contributed by atoms with E-state index in [1.54, 1.807) is 25.8 Å². The van der Waals surface area contributed by atoms with Crippen LogP contribution in [0.15, 0.2) is 24.3 Å². The molecule has 0 saturated carbocycles. The number of amides is 1. The second-order valence-electron chi connectivity index (χ2n) is 4.87. The summed E-state index contributed by atoms with van der Waals surface area (Å²) in [6.45, 7) is 5.38. The Balaban J connectivity index is 2.87. The lowest BCUT2D eigenvalue weighted by Gasteiger charge is -2.31. The fourth-order valence-corrected chi connectivity index (χ4v) is 1.72. The van der Waals surface area contributed by atoms with Crippen LogP contribution in [0.2, 0.25) is 5.02 Å². The summed E-state index contributed by atoms with van der Waals surface area (Å²) in [5, 5.41) is 0.689. The van der Waals surface area contributed by atoms with E-state index in [2.05, 4.69) is 0 Å². The molecule has 0 radical (unpaired) electrons. The van der Waals surface area contributed by atoms with Crippen LogP contribution < -0.4 is 5.73 Å². The first kappa shape index (κ1) is 14.0. The molecule has 0 saturated heterocycles. The molecule has 0 aromatic heterocycles. The quantitative estimate of drug-likeness (QED) is 0.901. The molecule has 0 aliphatic carbocycles. The molecule has 1 aromatic rings. The molecule has 0 aliphatic rings. The molecule has 0 fully saturated rings. The number of hydrogen-bond donors (Lipinski definition) is 1. The van der Waals surface area contributed by atoms with Crippen molar-refractivity contribution in [1.82, 2.24) is 4.90 Å². The van der Waals surface area contributed by atoms with E-state index in [4.69, 9.17) is 17.3 Å². The Kier molecular flexibility index (Phi) is 4.17. The summed E-state index contributed by atoms with van der Waals surface area (Å²) in [5.74, 6) is -0.0834. The predicted molar refractivity (Wildman–Crippen MR) is 70.9 cm³/mol. The zero-order chi connectivity index (χ0) is 13.2. The minimum absolute atomic E-state index is 0.0254. The van der Waals surface area contributed by atoms with Crippen molar-refractivity contribution >= 4 is 17.5 Å². The van der Waals surface area contributed by atoms with Crippen molar-refractivity contribution in [3.05, 3.63) is 34.9 Å². The Hall–Kier alpha value is -1.06. The third-order valence-electron chi connectivity index (χ3n) is 2.80. The van der Waals surface area contributed by atoms with Crippen molar-refractivity contribution in [3.63, 3.8) is 0 Å². The molecule has 1 atom stereocenters. The molecular weight excluding hydrogens is 236 g/mol. The summed E-state index contributed by atoms with van der Waals surface area (Å²) in [4.78, 5) is 13.7. The van der Waals surface area contributed by atoms with Crippen LogP contribution in [-0.4, -0.2) is 23.4 Å². The second-order valence-corrected chi connectivity index (χ2v) is 5.30. The van der Waals surface area contributed by atoms with Gasteiger partial charge in [-0.3, -0.25) is 4.79 Å². The van der Waals surface area contributed by atoms with Crippen molar-refractivity contribution < 1.29 is 4.79 Å². The Bertz CT molecular complexity index is 395. The van der Waals surface area contributed by atoms with Gasteiger partial charge in [0.1, 0.15) is 0 Å². The van der Waals surface area contributed by atoms with Crippen LogP contribution in [-0.2, 0) is 4.79 Å². The highest BCUT2D eigenvalue weighted by Crippen LogP contribution is 2.22. The van der Waals surface area contributed by atoms with Crippen LogP contribution in [0.4, 0.5) is 0 Å². The van der Waals surface area contributed by atoms with Crippen molar-refractivity contribution in [2.24, 2.45) is 5.73 Å². The minimum Gasteiger partial charge on any atom is -0.337 e. The molecule has 0 aliphatic heterocycles. The van der Waals surface area contributed by atoms with E-state index >= 15 is 0 Å². The van der Waals surface area contributed by atoms with Gasteiger partial charge in [-0.05, 0) is 38.5 Å². The number of rotatable bonds is 3. The number of nitrogens with two attached hydrogens (primary N) is 1. The molecule has 94 valence electrons. The largest absolute Gasteiger partial charge is 0.337 e. The van der Waals surface area contributed by atoms with Gasteiger partial charge in [0.25, 0.3) is 0 Å². The lowest BCUT2D eigenvalue weighted by molar-refractivity contribution is -0.136. The molecule has 2 N–H and O–H groups in total. The third-order valence-corrected chi connectivity index (χ3v) is 3.06. The molecule has 1 amide bonds. The van der Waals surface area contributed by atoms with Gasteiger partial charge in [0, 0.05) is 12.1 Å². The van der Waals surface area contributed by atoms with Crippen LogP contribution in [0.5, 0.6) is 0 Å². The zero-order valence-corrected chi connectivity index (χ0v) is 11.5. The topological polar surface area (TPSA) is 46.3 Å². The van der Waals surface area contributed by atoms with Crippen molar-refractivity contribution in [3.8, 4) is 0 Å². The van der Waals surface area contributed by atoms with Gasteiger partial charge in [-0.1, -0.05) is 23.7 Å². The smallest absolute Gasteiger partial charge is 0.242 e. The Morgan fingerprint density at radius 2 is 1.82 bits per heavy atom. The summed E-state index contributed by atoms with van der Waals surface area (Å²) in [7, 11) is 1.76. The van der Waals surface area contributed by atoms with Crippen LogP contribution in [0.3, 0.4) is 0 Å². The highest BCUT2D eigenvalue weighted by molar-refractivity contribution is 6.30. The summed E-state index contributed by atoms with van der Waals surface area (Å²) >= 11 is 5.83. The maximum absolute atomic E-state index is 12.0. The molecule has 1 aromatic carbocycles. The van der Waals surface area contributed by atoms with Crippen molar-refractivity contribution in [2.75, 3.05) is 7.05 Å². The number of nitrogens with zero attached hydrogens (tertiary/aromatic N) is 1. The Labute approximate surface area is 108 Å². The van der Waals surface area contributed by atoms with Crippen molar-refractivity contribution in [1.29, 1.82) is 0 Å². The third kappa shape index (κ3) is 3.45. The van der Waals surface area contributed by atoms with Crippen LogP contribution >= 0.6 is 11.6 Å². The predicted octanol–water partition coefficient (Wildman–Crippen LogP) is 2.60. The zero-order valence-electron chi connectivity index (χ0n) is 10.7. The number of carbonyl (C=O) groups is 1. The van der Waals surface area contributed by atoms with Crippen molar-refractivity contribution in [2.45, 2.75) is 32.4 Å². The highest BCUT2D eigenvalue weighted by Gasteiger charge is 2.28. The lowest BCUT2D eigenvalue weighted by atomic mass is 10.0. The van der Waals surface area contributed by atoms with Gasteiger partial charge in [-0.15, -0.1) is 0 Å². The molecule has 4 heteroatoms. The highest BCUT2D eigenvalue weighted by atomic mass is 35.5. The average Bonchev–Trinajstić information content (AvgIpc) is 2.26. The van der Waals surface area contributed by atoms with Gasteiger partial charge in [0.2, 0.25) is 5.91 Å². The molecule has 0 heterocycles. The minimum atomic E-state index is -0.852. The number of hydrogen-bond acceptors (Lipinski definition) is 2. The normalized spacial score (nSPS) is 13.3. The van der Waals surface area contributed by atoms with E-state index in [-0.39, 0.29) is 11.9 Å². The number of halogens is 1. The van der Waals surface area contributed by atoms with Gasteiger partial charge in [0.15, 0.2) is 0 Å². The van der Waals surface area contributed by atoms with Crippen LogP contribution in [0.1, 0.15) is 32.4 Å². The van der Waals surface area contributed by atoms with Gasteiger partial charge < -0.3 is 10.6 Å². The number of carbonyl (C=O) groups excluding carboxylic acids is 1. The summed E-state index contributed by atoms with van der Waals surface area (Å²) in [6.07, 6.45) is 0. The van der Waals surface area contributed by atoms with Gasteiger partial charge in [-0.25, -0.2) is 0 Å². The van der Waals surface area contributed by atoms with Crippen LogP contribution in [0, 0.1) is 0 Å². The molecule has 0 spiro atoms. The molecular formula is C13H19ClN2O. The first-order valence-electron chi connectivity index (χ1n) is 5.55. The standard InChI is InChI=1S/C13H19ClN2O/c1-9(10-5-7-11(14)8-6-10)16(4)12(17)13(2,3)15/h5-9H,15H2,1-4H3. The second kappa shape index (κ2) is 5.07. The van der Waals surface area contributed by atoms with E-state index in [1.165, 1.54) is 0 Å². The molecule has 1 unspecified atom stereocenters. The molecule has 0 bridgehead atoms. The molecule has 17 heavy (non-hydrogen) atoms. The monoisotopic (exact) mass is 254 g/mol. The summed E-state index contributed by atoms with van der Waals surface area (Å²) < 4.78 is 0.